The second kappa shape index (κ2) is 5.55. The number of primary amides is 1. The van der Waals surface area contributed by atoms with Gasteiger partial charge < -0.3 is 10.5 Å². The van der Waals surface area contributed by atoms with Crippen molar-refractivity contribution in [2.45, 2.75) is 5.50 Å². The predicted octanol–water partition coefficient (Wildman–Crippen LogP) is 2.12. The lowest BCUT2D eigenvalue weighted by Gasteiger charge is -2.09. The van der Waals surface area contributed by atoms with Gasteiger partial charge >= 0.3 is 6.03 Å². The number of carbonyl (C=O) groups excluding carboxylic acids is 1. The van der Waals surface area contributed by atoms with Crippen LogP contribution in [-0.4, -0.2) is 13.1 Å². The number of hydrogen-bond acceptors (Lipinski definition) is 3. The van der Waals surface area contributed by atoms with Crippen molar-refractivity contribution in [3.05, 3.63) is 29.6 Å². The number of alkyl halides is 1. The first-order valence-corrected chi connectivity index (χ1v) is 5.11. The number of urea groups is 1. The molecule has 0 aliphatic rings. The topological polar surface area (TPSA) is 64.3 Å². The van der Waals surface area contributed by atoms with Crippen LogP contribution in [0, 0.1) is 5.82 Å². The van der Waals surface area contributed by atoms with E-state index in [2.05, 4.69) is 0 Å². The van der Waals surface area contributed by atoms with E-state index in [0.717, 1.165) is 6.07 Å². The van der Waals surface area contributed by atoms with Gasteiger partial charge in [0.1, 0.15) is 11.6 Å². The SMILES string of the molecule is COc1ccc(C(F)SNC(N)=O)c(F)c1. The molecule has 16 heavy (non-hydrogen) atoms. The third-order valence-corrected chi connectivity index (χ3v) is 2.50. The molecule has 1 unspecified atom stereocenters. The van der Waals surface area contributed by atoms with E-state index >= 15 is 0 Å². The molecule has 2 amide bonds. The number of carbonyl (C=O) groups is 1. The summed E-state index contributed by atoms with van der Waals surface area (Å²) in [5.41, 5.74) is 2.85. The van der Waals surface area contributed by atoms with Crippen molar-refractivity contribution < 1.29 is 18.3 Å². The standard InChI is InChI=1S/C9H10F2N2O2S/c1-15-5-2-3-6(7(10)4-5)8(11)16-13-9(12)14/h2-4,8H,1H3,(H3,12,13,14). The summed E-state index contributed by atoms with van der Waals surface area (Å²) in [6.45, 7) is 0. The minimum Gasteiger partial charge on any atom is -0.497 e. The number of halogens is 2. The Balaban J connectivity index is 2.75. The first-order chi connectivity index (χ1) is 7.54. The number of nitrogens with two attached hydrogens (primary N) is 1. The number of rotatable bonds is 4. The zero-order chi connectivity index (χ0) is 12.1. The van der Waals surface area contributed by atoms with Crippen LogP contribution in [0.1, 0.15) is 11.1 Å². The summed E-state index contributed by atoms with van der Waals surface area (Å²) in [4.78, 5) is 10.3. The number of ether oxygens (including phenoxy) is 1. The fraction of sp³-hybridized carbons (Fsp3) is 0.222. The number of benzene rings is 1. The highest BCUT2D eigenvalue weighted by molar-refractivity contribution is 7.98. The number of methoxy groups -OCH3 is 1. The maximum absolute atomic E-state index is 13.4. The van der Waals surface area contributed by atoms with Gasteiger partial charge in [-0.15, -0.1) is 0 Å². The molecule has 0 fully saturated rings. The average Bonchev–Trinajstić information content (AvgIpc) is 2.25. The molecule has 0 saturated heterocycles. The van der Waals surface area contributed by atoms with Gasteiger partial charge in [0.15, 0.2) is 5.50 Å². The van der Waals surface area contributed by atoms with Gasteiger partial charge in [-0.3, -0.25) is 4.72 Å². The molecule has 0 heterocycles. The second-order valence-corrected chi connectivity index (χ2v) is 3.64. The van der Waals surface area contributed by atoms with Crippen molar-refractivity contribution in [1.29, 1.82) is 0 Å². The Morgan fingerprint density at radius 3 is 2.81 bits per heavy atom. The molecule has 0 bridgehead atoms. The number of amides is 2. The van der Waals surface area contributed by atoms with Crippen molar-refractivity contribution in [3.8, 4) is 5.75 Å². The van der Waals surface area contributed by atoms with E-state index in [4.69, 9.17) is 10.5 Å². The molecule has 1 rings (SSSR count). The molecule has 1 aromatic carbocycles. The predicted molar refractivity (Wildman–Crippen MR) is 57.1 cm³/mol. The summed E-state index contributed by atoms with van der Waals surface area (Å²) >= 11 is 0.393. The monoisotopic (exact) mass is 248 g/mol. The van der Waals surface area contributed by atoms with Crippen LogP contribution >= 0.6 is 11.9 Å². The lowest BCUT2D eigenvalue weighted by molar-refractivity contribution is 0.254. The van der Waals surface area contributed by atoms with E-state index in [-0.39, 0.29) is 5.56 Å². The molecule has 3 N–H and O–H groups in total. The van der Waals surface area contributed by atoms with Crippen LogP contribution in [0.4, 0.5) is 13.6 Å². The molecule has 0 radical (unpaired) electrons. The summed E-state index contributed by atoms with van der Waals surface area (Å²) in [5, 5.41) is 0. The summed E-state index contributed by atoms with van der Waals surface area (Å²) < 4.78 is 33.5. The molecule has 0 aliphatic heterocycles. The molecule has 0 spiro atoms. The third-order valence-electron chi connectivity index (χ3n) is 1.72. The summed E-state index contributed by atoms with van der Waals surface area (Å²) in [6, 6.07) is 2.85. The van der Waals surface area contributed by atoms with Crippen LogP contribution in [0.2, 0.25) is 0 Å². The van der Waals surface area contributed by atoms with Gasteiger partial charge in [0.25, 0.3) is 0 Å². The smallest absolute Gasteiger partial charge is 0.322 e. The normalized spacial score (nSPS) is 11.9. The Kier molecular flexibility index (Phi) is 4.36. The van der Waals surface area contributed by atoms with Gasteiger partial charge in [-0.05, 0) is 24.1 Å². The lowest BCUT2D eigenvalue weighted by Crippen LogP contribution is -2.23. The fourth-order valence-electron chi connectivity index (χ4n) is 0.992. The Labute approximate surface area is 95.3 Å². The van der Waals surface area contributed by atoms with Crippen LogP contribution in [0.15, 0.2) is 18.2 Å². The maximum atomic E-state index is 13.4. The minimum atomic E-state index is -1.72. The van der Waals surface area contributed by atoms with E-state index in [0.29, 0.717) is 17.7 Å². The third kappa shape index (κ3) is 3.27. The van der Waals surface area contributed by atoms with Crippen molar-refractivity contribution in [1.82, 2.24) is 4.72 Å². The van der Waals surface area contributed by atoms with Gasteiger partial charge in [0.2, 0.25) is 0 Å². The molecule has 1 atom stereocenters. The van der Waals surface area contributed by atoms with Gasteiger partial charge in [-0.25, -0.2) is 13.6 Å². The highest BCUT2D eigenvalue weighted by atomic mass is 32.2. The molecule has 4 nitrogen and oxygen atoms in total. The van der Waals surface area contributed by atoms with E-state index in [1.165, 1.54) is 19.2 Å². The van der Waals surface area contributed by atoms with Gasteiger partial charge in [-0.1, -0.05) is 0 Å². The van der Waals surface area contributed by atoms with E-state index in [9.17, 15) is 13.6 Å². The Morgan fingerprint density at radius 1 is 1.62 bits per heavy atom. The van der Waals surface area contributed by atoms with Crippen molar-refractivity contribution in [3.63, 3.8) is 0 Å². The summed E-state index contributed by atoms with van der Waals surface area (Å²) in [6.07, 6.45) is 0. The second-order valence-electron chi connectivity index (χ2n) is 2.79. The zero-order valence-electron chi connectivity index (χ0n) is 8.37. The lowest BCUT2D eigenvalue weighted by atomic mass is 10.2. The van der Waals surface area contributed by atoms with E-state index in [1.54, 1.807) is 0 Å². The molecule has 88 valence electrons. The van der Waals surface area contributed by atoms with Crippen molar-refractivity contribution in [2.75, 3.05) is 7.11 Å². The molecule has 7 heteroatoms. The Bertz CT molecular complexity index is 390. The van der Waals surface area contributed by atoms with Crippen LogP contribution in [0.5, 0.6) is 5.75 Å². The van der Waals surface area contributed by atoms with E-state index < -0.39 is 17.4 Å². The number of hydrogen-bond donors (Lipinski definition) is 2. The summed E-state index contributed by atoms with van der Waals surface area (Å²) in [5.74, 6) is -0.452. The maximum Gasteiger partial charge on any atom is 0.322 e. The zero-order valence-corrected chi connectivity index (χ0v) is 9.18. The van der Waals surface area contributed by atoms with Gasteiger partial charge in [-0.2, -0.15) is 0 Å². The highest BCUT2D eigenvalue weighted by Crippen LogP contribution is 2.31. The first kappa shape index (κ1) is 12.6. The Morgan fingerprint density at radius 2 is 2.31 bits per heavy atom. The van der Waals surface area contributed by atoms with Crippen molar-refractivity contribution in [2.24, 2.45) is 5.73 Å². The number of nitrogens with one attached hydrogen (secondary N) is 1. The molecule has 1 aromatic rings. The first-order valence-electron chi connectivity index (χ1n) is 4.23. The van der Waals surface area contributed by atoms with Crippen LogP contribution in [0.25, 0.3) is 0 Å². The van der Waals surface area contributed by atoms with Gasteiger partial charge in [0.05, 0.1) is 7.11 Å². The highest BCUT2D eigenvalue weighted by Gasteiger charge is 2.16. The van der Waals surface area contributed by atoms with Crippen LogP contribution < -0.4 is 15.2 Å². The van der Waals surface area contributed by atoms with Crippen LogP contribution in [0.3, 0.4) is 0 Å². The molecule has 0 aliphatic carbocycles. The van der Waals surface area contributed by atoms with E-state index in [1.807, 2.05) is 4.72 Å². The van der Waals surface area contributed by atoms with Crippen LogP contribution in [-0.2, 0) is 0 Å². The summed E-state index contributed by atoms with van der Waals surface area (Å²) in [7, 11) is 1.38. The molecular formula is C9H10F2N2O2S. The van der Waals surface area contributed by atoms with Crippen molar-refractivity contribution >= 4 is 18.0 Å². The average molecular weight is 248 g/mol. The minimum absolute atomic E-state index is 0.181. The molecule has 0 aromatic heterocycles. The molecule has 0 saturated carbocycles. The largest absolute Gasteiger partial charge is 0.497 e. The quantitative estimate of drug-likeness (QED) is 0.802. The molecular weight excluding hydrogens is 238 g/mol. The Hall–Kier alpha value is -1.50. The fourth-order valence-corrected chi connectivity index (χ4v) is 1.53. The van der Waals surface area contributed by atoms with Gasteiger partial charge in [0, 0.05) is 11.6 Å².